The summed E-state index contributed by atoms with van der Waals surface area (Å²) in [5, 5.41) is 5.26. The molecule has 3 rings (SSSR count). The molecule has 0 saturated carbocycles. The first kappa shape index (κ1) is 12.7. The van der Waals surface area contributed by atoms with Crippen molar-refractivity contribution in [2.75, 3.05) is 0 Å². The van der Waals surface area contributed by atoms with E-state index in [1.165, 1.54) is 24.2 Å². The fraction of sp³-hybridized carbons (Fsp3) is 0.571. The molecule has 2 aromatic heterocycles. The molecule has 19 heavy (non-hydrogen) atoms. The number of aromatic nitrogens is 4. The summed E-state index contributed by atoms with van der Waals surface area (Å²) in [6.07, 6.45) is 6.72. The molecule has 2 heterocycles. The summed E-state index contributed by atoms with van der Waals surface area (Å²) in [4.78, 5) is 4.54. The van der Waals surface area contributed by atoms with Gasteiger partial charge >= 0.3 is 0 Å². The zero-order chi connectivity index (χ0) is 13.4. The van der Waals surface area contributed by atoms with Gasteiger partial charge in [0.05, 0.1) is 35.0 Å². The standard InChI is InChI=1S/C14H19ClN4/c1-3-19-13(14(15)10(2)17-19)8-18-9-16-11-6-4-5-7-12(11)18/h9H,3-8H2,1-2H3. The lowest BCUT2D eigenvalue weighted by Crippen LogP contribution is -2.12. The van der Waals surface area contributed by atoms with Crippen LogP contribution in [0, 0.1) is 6.92 Å². The second-order valence-electron chi connectivity index (χ2n) is 5.13. The van der Waals surface area contributed by atoms with Crippen LogP contribution < -0.4 is 0 Å². The maximum Gasteiger partial charge on any atom is 0.0955 e. The van der Waals surface area contributed by atoms with Gasteiger partial charge in [0.25, 0.3) is 0 Å². The summed E-state index contributed by atoms with van der Waals surface area (Å²) in [6, 6.07) is 0. The third-order valence-electron chi connectivity index (χ3n) is 3.88. The average molecular weight is 279 g/mol. The number of aryl methyl sites for hydroxylation is 3. The molecule has 0 spiro atoms. The smallest absolute Gasteiger partial charge is 0.0955 e. The number of imidazole rings is 1. The summed E-state index contributed by atoms with van der Waals surface area (Å²) >= 11 is 6.38. The van der Waals surface area contributed by atoms with E-state index in [9.17, 15) is 0 Å². The molecule has 102 valence electrons. The molecular formula is C14H19ClN4. The van der Waals surface area contributed by atoms with Crippen LogP contribution in [0.1, 0.15) is 42.5 Å². The van der Waals surface area contributed by atoms with Crippen molar-refractivity contribution in [3.63, 3.8) is 0 Å². The summed E-state index contributed by atoms with van der Waals surface area (Å²) in [6.45, 7) is 5.67. The zero-order valence-corrected chi connectivity index (χ0v) is 12.2. The Bertz CT molecular complexity index is 597. The van der Waals surface area contributed by atoms with Crippen LogP contribution in [-0.4, -0.2) is 19.3 Å². The van der Waals surface area contributed by atoms with E-state index in [1.807, 2.05) is 17.9 Å². The van der Waals surface area contributed by atoms with Crippen LogP contribution in [0.15, 0.2) is 6.33 Å². The lowest BCUT2D eigenvalue weighted by Gasteiger charge is -2.14. The highest BCUT2D eigenvalue weighted by molar-refractivity contribution is 6.31. The minimum atomic E-state index is 0.774. The van der Waals surface area contributed by atoms with Crippen LogP contribution in [0.5, 0.6) is 0 Å². The van der Waals surface area contributed by atoms with Crippen molar-refractivity contribution in [2.24, 2.45) is 0 Å². The van der Waals surface area contributed by atoms with E-state index in [0.717, 1.165) is 42.3 Å². The third-order valence-corrected chi connectivity index (χ3v) is 4.37. The van der Waals surface area contributed by atoms with Crippen molar-refractivity contribution < 1.29 is 0 Å². The Labute approximate surface area is 118 Å². The van der Waals surface area contributed by atoms with Crippen LogP contribution in [0.4, 0.5) is 0 Å². The van der Waals surface area contributed by atoms with Gasteiger partial charge in [0.15, 0.2) is 0 Å². The van der Waals surface area contributed by atoms with Gasteiger partial charge in [0, 0.05) is 12.2 Å². The molecule has 4 nitrogen and oxygen atoms in total. The van der Waals surface area contributed by atoms with Gasteiger partial charge in [-0.3, -0.25) is 4.68 Å². The Morgan fingerprint density at radius 2 is 2.11 bits per heavy atom. The van der Waals surface area contributed by atoms with E-state index in [2.05, 4.69) is 21.6 Å². The van der Waals surface area contributed by atoms with Gasteiger partial charge in [-0.25, -0.2) is 4.98 Å². The lowest BCUT2D eigenvalue weighted by atomic mass is 10.0. The fourth-order valence-electron chi connectivity index (χ4n) is 2.85. The van der Waals surface area contributed by atoms with Crippen molar-refractivity contribution in [2.45, 2.75) is 52.6 Å². The SMILES string of the molecule is CCn1nc(C)c(Cl)c1Cn1cnc2c1CCCC2. The minimum Gasteiger partial charge on any atom is -0.328 e. The maximum absolute atomic E-state index is 6.38. The Morgan fingerprint density at radius 1 is 1.32 bits per heavy atom. The van der Waals surface area contributed by atoms with Crippen LogP contribution in [0.2, 0.25) is 5.02 Å². The van der Waals surface area contributed by atoms with E-state index >= 15 is 0 Å². The van der Waals surface area contributed by atoms with Gasteiger partial charge in [-0.05, 0) is 39.5 Å². The molecule has 5 heteroatoms. The Kier molecular flexibility index (Phi) is 3.35. The van der Waals surface area contributed by atoms with Crippen LogP contribution in [0.3, 0.4) is 0 Å². The molecule has 1 aliphatic rings. The fourth-order valence-corrected chi connectivity index (χ4v) is 3.04. The molecule has 0 radical (unpaired) electrons. The summed E-state index contributed by atoms with van der Waals surface area (Å²) in [7, 11) is 0. The molecule has 0 saturated heterocycles. The highest BCUT2D eigenvalue weighted by Crippen LogP contribution is 2.24. The average Bonchev–Trinajstić information content (AvgIpc) is 2.95. The molecule has 0 bridgehead atoms. The normalized spacial score (nSPS) is 14.7. The van der Waals surface area contributed by atoms with E-state index in [4.69, 9.17) is 11.6 Å². The molecule has 0 atom stereocenters. The predicted octanol–water partition coefficient (Wildman–Crippen LogP) is 2.99. The predicted molar refractivity (Wildman–Crippen MR) is 75.6 cm³/mol. The second-order valence-corrected chi connectivity index (χ2v) is 5.51. The van der Waals surface area contributed by atoms with Gasteiger partial charge in [0.1, 0.15) is 0 Å². The van der Waals surface area contributed by atoms with Crippen molar-refractivity contribution in [3.8, 4) is 0 Å². The quantitative estimate of drug-likeness (QED) is 0.865. The van der Waals surface area contributed by atoms with Crippen molar-refractivity contribution in [1.29, 1.82) is 0 Å². The molecule has 0 aliphatic heterocycles. The molecule has 0 aromatic carbocycles. The number of nitrogens with zero attached hydrogens (tertiary/aromatic N) is 4. The highest BCUT2D eigenvalue weighted by atomic mass is 35.5. The van der Waals surface area contributed by atoms with E-state index < -0.39 is 0 Å². The Hall–Kier alpha value is -1.29. The first-order chi connectivity index (χ1) is 9.20. The summed E-state index contributed by atoms with van der Waals surface area (Å²) in [5.41, 5.74) is 4.64. The van der Waals surface area contributed by atoms with Crippen LogP contribution in [-0.2, 0) is 25.9 Å². The zero-order valence-electron chi connectivity index (χ0n) is 11.5. The van der Waals surface area contributed by atoms with Gasteiger partial charge in [-0.15, -0.1) is 0 Å². The van der Waals surface area contributed by atoms with Crippen molar-refractivity contribution in [1.82, 2.24) is 19.3 Å². The maximum atomic E-state index is 6.38. The number of hydrogen-bond acceptors (Lipinski definition) is 2. The molecule has 1 aliphatic carbocycles. The summed E-state index contributed by atoms with van der Waals surface area (Å²) in [5.74, 6) is 0. The first-order valence-corrected chi connectivity index (χ1v) is 7.33. The second kappa shape index (κ2) is 5.00. The number of hydrogen-bond donors (Lipinski definition) is 0. The van der Waals surface area contributed by atoms with Gasteiger partial charge < -0.3 is 4.57 Å². The number of halogens is 1. The lowest BCUT2D eigenvalue weighted by molar-refractivity contribution is 0.577. The van der Waals surface area contributed by atoms with Crippen LogP contribution >= 0.6 is 11.6 Å². The highest BCUT2D eigenvalue weighted by Gasteiger charge is 2.18. The van der Waals surface area contributed by atoms with Crippen LogP contribution in [0.25, 0.3) is 0 Å². The minimum absolute atomic E-state index is 0.774. The monoisotopic (exact) mass is 278 g/mol. The van der Waals surface area contributed by atoms with E-state index in [-0.39, 0.29) is 0 Å². The molecule has 0 amide bonds. The van der Waals surface area contributed by atoms with Crippen molar-refractivity contribution in [3.05, 3.63) is 34.1 Å². The molecule has 0 fully saturated rings. The number of rotatable bonds is 3. The van der Waals surface area contributed by atoms with Gasteiger partial charge in [-0.2, -0.15) is 5.10 Å². The molecule has 0 unspecified atom stereocenters. The summed E-state index contributed by atoms with van der Waals surface area (Å²) < 4.78 is 4.23. The largest absolute Gasteiger partial charge is 0.328 e. The molecular weight excluding hydrogens is 260 g/mol. The Balaban J connectivity index is 1.95. The van der Waals surface area contributed by atoms with E-state index in [1.54, 1.807) is 0 Å². The van der Waals surface area contributed by atoms with Crippen molar-refractivity contribution >= 4 is 11.6 Å². The van der Waals surface area contributed by atoms with Gasteiger partial charge in [0.2, 0.25) is 0 Å². The third kappa shape index (κ3) is 2.18. The topological polar surface area (TPSA) is 35.6 Å². The van der Waals surface area contributed by atoms with Gasteiger partial charge in [-0.1, -0.05) is 11.6 Å². The van der Waals surface area contributed by atoms with E-state index in [0.29, 0.717) is 0 Å². The Morgan fingerprint density at radius 3 is 2.89 bits per heavy atom. The molecule has 2 aromatic rings. The molecule has 0 N–H and O–H groups in total. The number of fused-ring (bicyclic) bond motifs is 1. The first-order valence-electron chi connectivity index (χ1n) is 6.95.